The summed E-state index contributed by atoms with van der Waals surface area (Å²) >= 11 is 0. The standard InChI is InChI=1S/C21H18N4O3S/c26-21-23-14-15-25(21)18-10-8-16(9-11-18)4-2-13-24-29(27,28)19-7-1-5-17-6-3-12-22-20(17)19/h1,3,5-12,24H,13-15H2,(H,23,26). The molecule has 0 radical (unpaired) electrons. The molecule has 3 aromatic rings. The van der Waals surface area contributed by atoms with Gasteiger partial charge in [0.25, 0.3) is 0 Å². The van der Waals surface area contributed by atoms with Gasteiger partial charge in [-0.2, -0.15) is 4.72 Å². The number of carbonyl (C=O) groups is 1. The monoisotopic (exact) mass is 406 g/mol. The minimum absolute atomic E-state index is 0.0260. The van der Waals surface area contributed by atoms with Gasteiger partial charge in [-0.1, -0.05) is 30.0 Å². The highest BCUT2D eigenvalue weighted by atomic mass is 32.2. The molecule has 0 saturated carbocycles. The average molecular weight is 406 g/mol. The average Bonchev–Trinajstić information content (AvgIpc) is 3.17. The fourth-order valence-electron chi connectivity index (χ4n) is 3.09. The van der Waals surface area contributed by atoms with Gasteiger partial charge in [-0.3, -0.25) is 9.88 Å². The van der Waals surface area contributed by atoms with Crippen LogP contribution in [0.15, 0.2) is 65.7 Å². The number of nitrogens with zero attached hydrogens (tertiary/aromatic N) is 2. The number of nitrogens with one attached hydrogen (secondary N) is 2. The van der Waals surface area contributed by atoms with Crippen LogP contribution < -0.4 is 14.9 Å². The zero-order valence-electron chi connectivity index (χ0n) is 15.4. The summed E-state index contributed by atoms with van der Waals surface area (Å²) in [6, 6.07) is 15.7. The van der Waals surface area contributed by atoms with Gasteiger partial charge in [0, 0.05) is 35.9 Å². The van der Waals surface area contributed by atoms with Crippen LogP contribution in [0.1, 0.15) is 5.56 Å². The van der Waals surface area contributed by atoms with Gasteiger partial charge < -0.3 is 5.32 Å². The lowest BCUT2D eigenvalue weighted by Crippen LogP contribution is -2.27. The van der Waals surface area contributed by atoms with Gasteiger partial charge in [0.05, 0.1) is 12.1 Å². The van der Waals surface area contributed by atoms with Crippen LogP contribution in [0.5, 0.6) is 0 Å². The first-order valence-corrected chi connectivity index (χ1v) is 10.5. The third-order valence-corrected chi connectivity index (χ3v) is 5.94. The SMILES string of the molecule is O=C1NCCN1c1ccc(C#CCNS(=O)(=O)c2cccc3cccnc23)cc1. The van der Waals surface area contributed by atoms with Crippen LogP contribution in [0.3, 0.4) is 0 Å². The summed E-state index contributed by atoms with van der Waals surface area (Å²) in [5, 5.41) is 3.51. The van der Waals surface area contributed by atoms with Gasteiger partial charge in [0.2, 0.25) is 10.0 Å². The zero-order chi connectivity index (χ0) is 20.3. The van der Waals surface area contributed by atoms with Crippen molar-refractivity contribution in [2.45, 2.75) is 4.90 Å². The highest BCUT2D eigenvalue weighted by Crippen LogP contribution is 2.20. The number of aromatic nitrogens is 1. The maximum Gasteiger partial charge on any atom is 0.321 e. The van der Waals surface area contributed by atoms with Crippen molar-refractivity contribution in [3.8, 4) is 11.8 Å². The molecule has 2 amide bonds. The van der Waals surface area contributed by atoms with Crippen LogP contribution in [-0.4, -0.2) is 39.1 Å². The van der Waals surface area contributed by atoms with E-state index >= 15 is 0 Å². The van der Waals surface area contributed by atoms with Crippen molar-refractivity contribution in [2.24, 2.45) is 0 Å². The van der Waals surface area contributed by atoms with Crippen LogP contribution in [-0.2, 0) is 10.0 Å². The molecule has 2 aromatic carbocycles. The minimum Gasteiger partial charge on any atom is -0.336 e. The van der Waals surface area contributed by atoms with E-state index < -0.39 is 10.0 Å². The Morgan fingerprint density at radius 2 is 1.90 bits per heavy atom. The van der Waals surface area contributed by atoms with Crippen molar-refractivity contribution in [1.29, 1.82) is 0 Å². The lowest BCUT2D eigenvalue weighted by Gasteiger charge is -2.13. The van der Waals surface area contributed by atoms with Crippen LogP contribution >= 0.6 is 0 Å². The normalized spacial score (nSPS) is 13.8. The number of carbonyl (C=O) groups excluding carboxylic acids is 1. The van der Waals surface area contributed by atoms with Gasteiger partial charge in [0.1, 0.15) is 4.90 Å². The molecule has 7 nitrogen and oxygen atoms in total. The molecule has 4 rings (SSSR count). The molecule has 0 spiro atoms. The third-order valence-electron chi connectivity index (χ3n) is 4.50. The predicted molar refractivity (Wildman–Crippen MR) is 111 cm³/mol. The second kappa shape index (κ2) is 7.91. The molecule has 1 aliphatic rings. The molecule has 0 unspecified atom stereocenters. The number of para-hydroxylation sites is 1. The van der Waals surface area contributed by atoms with E-state index in [0.29, 0.717) is 18.6 Å². The second-order valence-corrected chi connectivity index (χ2v) is 8.12. The van der Waals surface area contributed by atoms with Crippen LogP contribution in [0.25, 0.3) is 10.9 Å². The van der Waals surface area contributed by atoms with Crippen molar-refractivity contribution in [1.82, 2.24) is 15.0 Å². The number of rotatable bonds is 4. The molecule has 0 atom stereocenters. The molecular weight excluding hydrogens is 388 g/mol. The first kappa shape index (κ1) is 18.9. The quantitative estimate of drug-likeness (QED) is 0.649. The molecular formula is C21H18N4O3S. The Balaban J connectivity index is 1.44. The molecule has 2 heterocycles. The largest absolute Gasteiger partial charge is 0.336 e. The number of benzene rings is 2. The number of amides is 2. The van der Waals surface area contributed by atoms with Crippen molar-refractivity contribution in [3.63, 3.8) is 0 Å². The van der Waals surface area contributed by atoms with E-state index in [1.807, 2.05) is 24.3 Å². The van der Waals surface area contributed by atoms with Gasteiger partial charge in [-0.15, -0.1) is 0 Å². The fourth-order valence-corrected chi connectivity index (χ4v) is 4.19. The third kappa shape index (κ3) is 4.06. The summed E-state index contributed by atoms with van der Waals surface area (Å²) in [5.41, 5.74) is 1.96. The molecule has 1 fully saturated rings. The van der Waals surface area contributed by atoms with E-state index in [1.54, 1.807) is 35.4 Å². The maximum atomic E-state index is 12.6. The molecule has 8 heteroatoms. The van der Waals surface area contributed by atoms with Crippen molar-refractivity contribution in [2.75, 3.05) is 24.5 Å². The minimum atomic E-state index is -3.73. The topological polar surface area (TPSA) is 91.4 Å². The van der Waals surface area contributed by atoms with Gasteiger partial charge >= 0.3 is 6.03 Å². The molecule has 2 N–H and O–H groups in total. The highest BCUT2D eigenvalue weighted by molar-refractivity contribution is 7.89. The Kier molecular flexibility index (Phi) is 5.16. The summed E-state index contributed by atoms with van der Waals surface area (Å²) in [6.45, 7) is 1.24. The number of urea groups is 1. The lowest BCUT2D eigenvalue weighted by atomic mass is 10.2. The second-order valence-electron chi connectivity index (χ2n) is 6.39. The van der Waals surface area contributed by atoms with E-state index in [9.17, 15) is 13.2 Å². The predicted octanol–water partition coefficient (Wildman–Crippen LogP) is 2.09. The van der Waals surface area contributed by atoms with Gasteiger partial charge in [0.15, 0.2) is 0 Å². The Bertz CT molecular complexity index is 1220. The van der Waals surface area contributed by atoms with E-state index in [-0.39, 0.29) is 17.5 Å². The van der Waals surface area contributed by atoms with E-state index in [2.05, 4.69) is 26.9 Å². The van der Waals surface area contributed by atoms with Crippen molar-refractivity contribution < 1.29 is 13.2 Å². The number of hydrogen-bond donors (Lipinski definition) is 2. The van der Waals surface area contributed by atoms with E-state index in [0.717, 1.165) is 16.6 Å². The van der Waals surface area contributed by atoms with Gasteiger partial charge in [-0.05, 0) is 36.4 Å². The van der Waals surface area contributed by atoms with Crippen LogP contribution in [0, 0.1) is 11.8 Å². The smallest absolute Gasteiger partial charge is 0.321 e. The summed E-state index contributed by atoms with van der Waals surface area (Å²) in [4.78, 5) is 17.6. The first-order valence-electron chi connectivity index (χ1n) is 9.02. The van der Waals surface area contributed by atoms with Gasteiger partial charge in [-0.25, -0.2) is 13.2 Å². The van der Waals surface area contributed by atoms with Crippen LogP contribution in [0.4, 0.5) is 10.5 Å². The summed E-state index contributed by atoms with van der Waals surface area (Å²) < 4.78 is 27.7. The van der Waals surface area contributed by atoms with E-state index in [1.165, 1.54) is 6.07 Å². The Morgan fingerprint density at radius 3 is 2.66 bits per heavy atom. The molecule has 1 aliphatic heterocycles. The Hall–Kier alpha value is -3.41. The number of sulfonamides is 1. The number of hydrogen-bond acceptors (Lipinski definition) is 4. The highest BCUT2D eigenvalue weighted by Gasteiger charge is 2.20. The Labute approximate surface area is 168 Å². The number of fused-ring (bicyclic) bond motifs is 1. The maximum absolute atomic E-state index is 12.6. The van der Waals surface area contributed by atoms with Crippen molar-refractivity contribution >= 4 is 32.6 Å². The molecule has 1 saturated heterocycles. The lowest BCUT2D eigenvalue weighted by molar-refractivity contribution is 0.252. The van der Waals surface area contributed by atoms with E-state index in [4.69, 9.17) is 0 Å². The summed E-state index contributed by atoms with van der Waals surface area (Å²) in [5.74, 6) is 5.74. The Morgan fingerprint density at radius 1 is 1.10 bits per heavy atom. The number of anilines is 1. The molecule has 0 aliphatic carbocycles. The molecule has 0 bridgehead atoms. The van der Waals surface area contributed by atoms with Crippen molar-refractivity contribution in [3.05, 3.63) is 66.4 Å². The van der Waals surface area contributed by atoms with Crippen LogP contribution in [0.2, 0.25) is 0 Å². The zero-order valence-corrected chi connectivity index (χ0v) is 16.2. The molecule has 146 valence electrons. The number of pyridine rings is 1. The summed E-state index contributed by atoms with van der Waals surface area (Å²) in [6.07, 6.45) is 1.57. The summed E-state index contributed by atoms with van der Waals surface area (Å²) in [7, 11) is -3.73. The first-order chi connectivity index (χ1) is 14.0. The fraction of sp³-hybridized carbons (Fsp3) is 0.143. The molecule has 1 aromatic heterocycles. The molecule has 29 heavy (non-hydrogen) atoms.